The standard InChI is InChI=1S/C16H19BrN4O3S/c1-3-11-4-6-13(7-5-11)20-15(22)10-21(2)25(23,24)14-8-12(17)9-19-16(14)18/h4-9H,3,10H2,1-2H3,(H2,18,19)(H,20,22). The Morgan fingerprint density at radius 1 is 1.32 bits per heavy atom. The quantitative estimate of drug-likeness (QED) is 0.736. The first-order valence-electron chi connectivity index (χ1n) is 7.50. The second-order valence-electron chi connectivity index (χ2n) is 5.40. The van der Waals surface area contributed by atoms with Crippen LogP contribution in [0.25, 0.3) is 0 Å². The van der Waals surface area contributed by atoms with Crippen LogP contribution in [0.5, 0.6) is 0 Å². The number of nitrogens with zero attached hydrogens (tertiary/aromatic N) is 2. The molecule has 0 atom stereocenters. The summed E-state index contributed by atoms with van der Waals surface area (Å²) in [5.41, 5.74) is 7.41. The summed E-state index contributed by atoms with van der Waals surface area (Å²) in [6.07, 6.45) is 2.30. The minimum Gasteiger partial charge on any atom is -0.383 e. The van der Waals surface area contributed by atoms with Crippen LogP contribution in [0.1, 0.15) is 12.5 Å². The molecule has 25 heavy (non-hydrogen) atoms. The maximum absolute atomic E-state index is 12.6. The Kier molecular flexibility index (Phi) is 6.15. The predicted octanol–water partition coefficient (Wildman–Crippen LogP) is 2.25. The number of nitrogens with two attached hydrogens (primary N) is 1. The van der Waals surface area contributed by atoms with Crippen LogP contribution < -0.4 is 11.1 Å². The van der Waals surface area contributed by atoms with Crippen molar-refractivity contribution in [1.82, 2.24) is 9.29 Å². The molecule has 1 aromatic heterocycles. The number of hydrogen-bond donors (Lipinski definition) is 2. The Bertz CT molecular complexity index is 869. The van der Waals surface area contributed by atoms with E-state index >= 15 is 0 Å². The molecule has 0 spiro atoms. The summed E-state index contributed by atoms with van der Waals surface area (Å²) < 4.78 is 26.6. The molecule has 1 heterocycles. The number of aromatic nitrogens is 1. The zero-order valence-electron chi connectivity index (χ0n) is 13.9. The summed E-state index contributed by atoms with van der Waals surface area (Å²) >= 11 is 3.16. The summed E-state index contributed by atoms with van der Waals surface area (Å²) in [5.74, 6) is -0.567. The Balaban J connectivity index is 2.10. The average molecular weight is 427 g/mol. The fourth-order valence-corrected chi connectivity index (χ4v) is 3.82. The van der Waals surface area contributed by atoms with Gasteiger partial charge in [0.1, 0.15) is 10.7 Å². The second kappa shape index (κ2) is 7.94. The molecule has 9 heteroatoms. The van der Waals surface area contributed by atoms with E-state index in [2.05, 4.69) is 26.2 Å². The molecule has 0 fully saturated rings. The second-order valence-corrected chi connectivity index (χ2v) is 8.33. The van der Waals surface area contributed by atoms with Gasteiger partial charge in [-0.25, -0.2) is 13.4 Å². The molecule has 2 aromatic rings. The number of benzene rings is 1. The lowest BCUT2D eigenvalue weighted by Crippen LogP contribution is -2.35. The van der Waals surface area contributed by atoms with Crippen molar-refractivity contribution in [2.24, 2.45) is 0 Å². The van der Waals surface area contributed by atoms with E-state index in [-0.39, 0.29) is 17.3 Å². The summed E-state index contributed by atoms with van der Waals surface area (Å²) in [6.45, 7) is 1.69. The van der Waals surface area contributed by atoms with Gasteiger partial charge in [-0.05, 0) is 46.1 Å². The molecule has 0 aliphatic heterocycles. The molecule has 1 amide bonds. The third-order valence-corrected chi connectivity index (χ3v) is 5.82. The van der Waals surface area contributed by atoms with Gasteiger partial charge in [0.25, 0.3) is 0 Å². The Hall–Kier alpha value is -1.97. The molecule has 0 saturated heterocycles. The minimum absolute atomic E-state index is 0.120. The van der Waals surface area contributed by atoms with Gasteiger partial charge in [0.15, 0.2) is 0 Å². The lowest BCUT2D eigenvalue weighted by atomic mass is 10.1. The number of sulfonamides is 1. The number of hydrogen-bond acceptors (Lipinski definition) is 5. The van der Waals surface area contributed by atoms with E-state index in [1.807, 2.05) is 19.1 Å². The Labute approximate surface area is 155 Å². The molecule has 0 radical (unpaired) electrons. The first-order valence-corrected chi connectivity index (χ1v) is 9.73. The van der Waals surface area contributed by atoms with Crippen molar-refractivity contribution < 1.29 is 13.2 Å². The number of amides is 1. The molecule has 0 saturated carbocycles. The first-order chi connectivity index (χ1) is 11.7. The monoisotopic (exact) mass is 426 g/mol. The average Bonchev–Trinajstić information content (AvgIpc) is 2.57. The van der Waals surface area contributed by atoms with Crippen LogP contribution in [-0.4, -0.2) is 37.2 Å². The van der Waals surface area contributed by atoms with Gasteiger partial charge >= 0.3 is 0 Å². The number of rotatable bonds is 6. The van der Waals surface area contributed by atoms with Crippen molar-refractivity contribution in [1.29, 1.82) is 0 Å². The van der Waals surface area contributed by atoms with Crippen molar-refractivity contribution in [2.75, 3.05) is 24.6 Å². The van der Waals surface area contributed by atoms with E-state index in [0.717, 1.165) is 16.3 Å². The fraction of sp³-hybridized carbons (Fsp3) is 0.250. The number of nitrogen functional groups attached to an aromatic ring is 1. The van der Waals surface area contributed by atoms with Crippen molar-refractivity contribution in [3.8, 4) is 0 Å². The van der Waals surface area contributed by atoms with Gasteiger partial charge in [-0.2, -0.15) is 4.31 Å². The van der Waals surface area contributed by atoms with E-state index in [9.17, 15) is 13.2 Å². The van der Waals surface area contributed by atoms with Gasteiger partial charge < -0.3 is 11.1 Å². The number of likely N-dealkylation sites (N-methyl/N-ethyl adjacent to an activating group) is 1. The highest BCUT2D eigenvalue weighted by Gasteiger charge is 2.26. The zero-order valence-corrected chi connectivity index (χ0v) is 16.3. The van der Waals surface area contributed by atoms with Crippen molar-refractivity contribution in [3.05, 3.63) is 46.6 Å². The molecule has 7 nitrogen and oxygen atoms in total. The maximum atomic E-state index is 12.6. The van der Waals surface area contributed by atoms with Crippen LogP contribution >= 0.6 is 15.9 Å². The highest BCUT2D eigenvalue weighted by atomic mass is 79.9. The third-order valence-electron chi connectivity index (χ3n) is 3.55. The van der Waals surface area contributed by atoms with Crippen LogP contribution in [0, 0.1) is 0 Å². The lowest BCUT2D eigenvalue weighted by molar-refractivity contribution is -0.116. The van der Waals surface area contributed by atoms with Gasteiger partial charge in [0.2, 0.25) is 15.9 Å². The fourth-order valence-electron chi connectivity index (χ4n) is 2.12. The molecule has 2 rings (SSSR count). The number of aryl methyl sites for hydroxylation is 1. The van der Waals surface area contributed by atoms with Gasteiger partial charge in [0.05, 0.1) is 6.54 Å². The predicted molar refractivity (Wildman–Crippen MR) is 101 cm³/mol. The smallest absolute Gasteiger partial charge is 0.246 e. The van der Waals surface area contributed by atoms with E-state index in [4.69, 9.17) is 5.73 Å². The third kappa shape index (κ3) is 4.77. The maximum Gasteiger partial charge on any atom is 0.246 e. The number of carbonyl (C=O) groups is 1. The summed E-state index contributed by atoms with van der Waals surface area (Å²) in [4.78, 5) is 15.8. The molecule has 0 aliphatic carbocycles. The van der Waals surface area contributed by atoms with Gasteiger partial charge in [-0.15, -0.1) is 0 Å². The topological polar surface area (TPSA) is 105 Å². The summed E-state index contributed by atoms with van der Waals surface area (Å²) in [7, 11) is -2.62. The van der Waals surface area contributed by atoms with Crippen LogP contribution in [0.3, 0.4) is 0 Å². The highest BCUT2D eigenvalue weighted by molar-refractivity contribution is 9.10. The molecule has 0 unspecified atom stereocenters. The molecule has 0 bridgehead atoms. The highest BCUT2D eigenvalue weighted by Crippen LogP contribution is 2.23. The summed E-state index contributed by atoms with van der Waals surface area (Å²) in [5, 5.41) is 2.67. The molecule has 1 aromatic carbocycles. The van der Waals surface area contributed by atoms with Crippen molar-refractivity contribution in [3.63, 3.8) is 0 Å². The molecule has 0 aliphatic rings. The van der Waals surface area contributed by atoms with Crippen molar-refractivity contribution in [2.45, 2.75) is 18.2 Å². The molecular weight excluding hydrogens is 408 g/mol. The number of anilines is 2. The molecular formula is C16H19BrN4O3S. The SMILES string of the molecule is CCc1ccc(NC(=O)CN(C)S(=O)(=O)c2cc(Br)cnc2N)cc1. The number of carbonyl (C=O) groups excluding carboxylic acids is 1. The first kappa shape index (κ1) is 19.4. The van der Waals surface area contributed by atoms with E-state index in [1.54, 1.807) is 12.1 Å². The van der Waals surface area contributed by atoms with E-state index in [1.165, 1.54) is 19.3 Å². The van der Waals surface area contributed by atoms with Gasteiger partial charge in [-0.3, -0.25) is 4.79 Å². The minimum atomic E-state index is -3.94. The van der Waals surface area contributed by atoms with Crippen molar-refractivity contribution >= 4 is 43.4 Å². The zero-order chi connectivity index (χ0) is 18.6. The normalized spacial score (nSPS) is 11.5. The summed E-state index contributed by atoms with van der Waals surface area (Å²) in [6, 6.07) is 8.73. The van der Waals surface area contributed by atoms with E-state index in [0.29, 0.717) is 10.2 Å². The molecule has 3 N–H and O–H groups in total. The largest absolute Gasteiger partial charge is 0.383 e. The molecule has 134 valence electrons. The van der Waals surface area contributed by atoms with E-state index < -0.39 is 15.9 Å². The number of pyridine rings is 1. The van der Waals surface area contributed by atoms with Gasteiger partial charge in [-0.1, -0.05) is 19.1 Å². The van der Waals surface area contributed by atoms with Crippen LogP contribution in [-0.2, 0) is 21.2 Å². The van der Waals surface area contributed by atoms with Gasteiger partial charge in [0, 0.05) is 23.4 Å². The Morgan fingerprint density at radius 2 is 1.96 bits per heavy atom. The lowest BCUT2D eigenvalue weighted by Gasteiger charge is -2.18. The Morgan fingerprint density at radius 3 is 2.56 bits per heavy atom. The number of nitrogens with one attached hydrogen (secondary N) is 1. The number of halogens is 1. The van der Waals surface area contributed by atoms with Crippen LogP contribution in [0.15, 0.2) is 45.9 Å². The van der Waals surface area contributed by atoms with Crippen LogP contribution in [0.2, 0.25) is 0 Å². The van der Waals surface area contributed by atoms with Crippen LogP contribution in [0.4, 0.5) is 11.5 Å².